The third-order valence-corrected chi connectivity index (χ3v) is 3.72. The molecule has 1 aliphatic heterocycles. The molecule has 0 radical (unpaired) electrons. The van der Waals surface area contributed by atoms with Gasteiger partial charge in [-0.05, 0) is 37.5 Å². The van der Waals surface area contributed by atoms with E-state index in [4.69, 9.17) is 5.73 Å². The number of nitrogens with two attached hydrogens (primary N) is 1. The Morgan fingerprint density at radius 1 is 1.44 bits per heavy atom. The van der Waals surface area contributed by atoms with Crippen LogP contribution in [0.1, 0.15) is 60.3 Å². The molecule has 1 amide bonds. The largest absolute Gasteiger partial charge is 0.340 e. The van der Waals surface area contributed by atoms with Crippen LogP contribution in [0.5, 0.6) is 0 Å². The Morgan fingerprint density at radius 2 is 2.06 bits per heavy atom. The second-order valence-electron chi connectivity index (χ2n) is 7.29. The monoisotopic (exact) mass is 254 g/mol. The van der Waals surface area contributed by atoms with E-state index in [9.17, 15) is 4.79 Å². The zero-order valence-electron chi connectivity index (χ0n) is 12.7. The number of rotatable bonds is 3. The zero-order valence-corrected chi connectivity index (χ0v) is 12.7. The molecule has 0 saturated carbocycles. The number of carbonyl (C=O) groups is 1. The van der Waals surface area contributed by atoms with E-state index in [2.05, 4.69) is 34.6 Å². The minimum Gasteiger partial charge on any atom is -0.340 e. The van der Waals surface area contributed by atoms with Gasteiger partial charge in [0.05, 0.1) is 0 Å². The van der Waals surface area contributed by atoms with Crippen LogP contribution in [0.3, 0.4) is 0 Å². The summed E-state index contributed by atoms with van der Waals surface area (Å²) in [6.07, 6.45) is 3.67. The lowest BCUT2D eigenvalue weighted by Crippen LogP contribution is -2.48. The van der Waals surface area contributed by atoms with E-state index < -0.39 is 0 Å². The van der Waals surface area contributed by atoms with Crippen molar-refractivity contribution in [2.45, 2.75) is 72.4 Å². The Bertz CT molecular complexity index is 283. The normalized spacial score (nSPS) is 27.1. The van der Waals surface area contributed by atoms with Crippen LogP contribution >= 0.6 is 0 Å². The fourth-order valence-corrected chi connectivity index (χ4v) is 3.11. The van der Waals surface area contributed by atoms with Crippen molar-refractivity contribution in [3.05, 3.63) is 0 Å². The first kappa shape index (κ1) is 15.5. The first-order valence-electron chi connectivity index (χ1n) is 7.24. The summed E-state index contributed by atoms with van der Waals surface area (Å²) in [4.78, 5) is 14.3. The molecule has 0 spiro atoms. The predicted molar refractivity (Wildman–Crippen MR) is 76.2 cm³/mol. The van der Waals surface area contributed by atoms with Crippen molar-refractivity contribution in [2.75, 3.05) is 6.54 Å². The maximum Gasteiger partial charge on any atom is 0.223 e. The van der Waals surface area contributed by atoms with Crippen LogP contribution in [0.2, 0.25) is 0 Å². The van der Waals surface area contributed by atoms with Gasteiger partial charge in [-0.2, -0.15) is 0 Å². The zero-order chi connectivity index (χ0) is 13.9. The van der Waals surface area contributed by atoms with Gasteiger partial charge in [0.25, 0.3) is 0 Å². The molecule has 0 aliphatic carbocycles. The minimum atomic E-state index is 0.274. The number of carbonyl (C=O) groups excluding carboxylic acids is 1. The van der Waals surface area contributed by atoms with E-state index in [0.717, 1.165) is 25.8 Å². The highest BCUT2D eigenvalue weighted by Gasteiger charge is 2.28. The number of amides is 1. The maximum absolute atomic E-state index is 12.3. The predicted octanol–water partition coefficient (Wildman–Crippen LogP) is 2.79. The molecule has 1 saturated heterocycles. The topological polar surface area (TPSA) is 46.3 Å². The van der Waals surface area contributed by atoms with E-state index >= 15 is 0 Å². The molecular formula is C15H30N2O. The Balaban J connectivity index is 2.45. The Hall–Kier alpha value is -0.570. The molecule has 3 heteroatoms. The van der Waals surface area contributed by atoms with Gasteiger partial charge in [0.1, 0.15) is 0 Å². The van der Waals surface area contributed by atoms with Crippen LogP contribution in [0.25, 0.3) is 0 Å². The summed E-state index contributed by atoms with van der Waals surface area (Å²) in [6.45, 7) is 11.8. The van der Waals surface area contributed by atoms with Gasteiger partial charge in [-0.1, -0.05) is 27.7 Å². The summed E-state index contributed by atoms with van der Waals surface area (Å²) >= 11 is 0. The van der Waals surface area contributed by atoms with E-state index in [1.54, 1.807) is 0 Å². The Kier molecular flexibility index (Phi) is 5.20. The van der Waals surface area contributed by atoms with Crippen molar-refractivity contribution in [2.24, 2.45) is 17.1 Å². The fraction of sp³-hybridized carbons (Fsp3) is 0.933. The molecule has 0 aromatic heterocycles. The molecule has 1 rings (SSSR count). The third kappa shape index (κ3) is 4.97. The van der Waals surface area contributed by atoms with Gasteiger partial charge in [-0.3, -0.25) is 4.79 Å². The first-order valence-corrected chi connectivity index (χ1v) is 7.24. The van der Waals surface area contributed by atoms with Crippen molar-refractivity contribution < 1.29 is 4.79 Å². The van der Waals surface area contributed by atoms with Crippen molar-refractivity contribution in [3.8, 4) is 0 Å². The number of likely N-dealkylation sites (tertiary alicyclic amines) is 1. The smallest absolute Gasteiger partial charge is 0.223 e. The molecule has 1 fully saturated rings. The van der Waals surface area contributed by atoms with Crippen LogP contribution in [-0.4, -0.2) is 29.4 Å². The number of nitrogens with zero attached hydrogens (tertiary/aromatic N) is 1. The van der Waals surface area contributed by atoms with Crippen molar-refractivity contribution in [3.63, 3.8) is 0 Å². The quantitative estimate of drug-likeness (QED) is 0.842. The van der Waals surface area contributed by atoms with Crippen LogP contribution in [-0.2, 0) is 4.79 Å². The van der Waals surface area contributed by atoms with Gasteiger partial charge < -0.3 is 10.6 Å². The molecule has 0 aromatic rings. The third-order valence-electron chi connectivity index (χ3n) is 3.72. The molecule has 3 nitrogen and oxygen atoms in total. The van der Waals surface area contributed by atoms with Gasteiger partial charge >= 0.3 is 0 Å². The Morgan fingerprint density at radius 3 is 2.56 bits per heavy atom. The van der Waals surface area contributed by atoms with Crippen LogP contribution in [0, 0.1) is 11.3 Å². The van der Waals surface area contributed by atoms with Crippen molar-refractivity contribution in [1.29, 1.82) is 0 Å². The summed E-state index contributed by atoms with van der Waals surface area (Å²) < 4.78 is 0. The minimum absolute atomic E-state index is 0.274. The van der Waals surface area contributed by atoms with Crippen LogP contribution < -0.4 is 5.73 Å². The summed E-state index contributed by atoms with van der Waals surface area (Å²) in [6, 6.07) is 0.583. The number of hydrogen-bond donors (Lipinski definition) is 1. The van der Waals surface area contributed by atoms with Gasteiger partial charge in [0, 0.05) is 25.0 Å². The second-order valence-corrected chi connectivity index (χ2v) is 7.29. The number of hydrogen-bond acceptors (Lipinski definition) is 2. The average molecular weight is 254 g/mol. The Labute approximate surface area is 112 Å². The highest BCUT2D eigenvalue weighted by Crippen LogP contribution is 2.27. The summed E-state index contributed by atoms with van der Waals surface area (Å²) in [5.41, 5.74) is 6.24. The molecule has 18 heavy (non-hydrogen) atoms. The summed E-state index contributed by atoms with van der Waals surface area (Å²) in [5, 5.41) is 0. The highest BCUT2D eigenvalue weighted by atomic mass is 16.2. The van der Waals surface area contributed by atoms with Gasteiger partial charge in [0.2, 0.25) is 5.91 Å². The molecule has 3 atom stereocenters. The van der Waals surface area contributed by atoms with Crippen molar-refractivity contribution in [1.82, 2.24) is 4.90 Å². The van der Waals surface area contributed by atoms with Gasteiger partial charge in [-0.15, -0.1) is 0 Å². The summed E-state index contributed by atoms with van der Waals surface area (Å²) in [7, 11) is 0. The molecule has 2 N–H and O–H groups in total. The molecule has 0 bridgehead atoms. The molecule has 1 heterocycles. The average Bonchev–Trinajstić information content (AvgIpc) is 2.13. The first-order chi connectivity index (χ1) is 8.19. The van der Waals surface area contributed by atoms with Crippen LogP contribution in [0.4, 0.5) is 0 Å². The fourth-order valence-electron chi connectivity index (χ4n) is 3.11. The molecule has 0 aromatic carbocycles. The van der Waals surface area contributed by atoms with E-state index in [1.807, 2.05) is 4.90 Å². The highest BCUT2D eigenvalue weighted by molar-refractivity contribution is 5.76. The van der Waals surface area contributed by atoms with E-state index in [-0.39, 0.29) is 6.04 Å². The lowest BCUT2D eigenvalue weighted by Gasteiger charge is -2.37. The SMILES string of the molecule is CC(CC(=O)N1CCC(N)CC1C)CC(C)(C)C. The van der Waals surface area contributed by atoms with Gasteiger partial charge in [0.15, 0.2) is 0 Å². The second kappa shape index (κ2) is 6.05. The van der Waals surface area contributed by atoms with E-state index in [0.29, 0.717) is 29.7 Å². The van der Waals surface area contributed by atoms with E-state index in [1.165, 1.54) is 0 Å². The molecule has 3 unspecified atom stereocenters. The summed E-state index contributed by atoms with van der Waals surface area (Å²) in [5.74, 6) is 0.770. The lowest BCUT2D eigenvalue weighted by molar-refractivity contribution is -0.135. The van der Waals surface area contributed by atoms with Gasteiger partial charge in [-0.25, -0.2) is 0 Å². The van der Waals surface area contributed by atoms with Crippen molar-refractivity contribution >= 4 is 5.91 Å². The maximum atomic E-state index is 12.3. The lowest BCUT2D eigenvalue weighted by atomic mass is 9.84. The standard InChI is InChI=1S/C15H30N2O/c1-11(10-15(3,4)5)8-14(18)17-7-6-13(16)9-12(17)2/h11-13H,6-10,16H2,1-5H3. The molecule has 106 valence electrons. The molecule has 1 aliphatic rings. The van der Waals surface area contributed by atoms with Crippen LogP contribution in [0.15, 0.2) is 0 Å². The number of piperidine rings is 1. The molecular weight excluding hydrogens is 224 g/mol.